The SMILES string of the molecule is [N-]=[N+]=NCCCOc1ccc(Cl)c(Cl)c1. The van der Waals surface area contributed by atoms with Crippen LogP contribution in [0.25, 0.3) is 10.4 Å². The molecule has 15 heavy (non-hydrogen) atoms. The van der Waals surface area contributed by atoms with E-state index in [-0.39, 0.29) is 0 Å². The first kappa shape index (κ1) is 12.0. The Balaban J connectivity index is 2.37. The lowest BCUT2D eigenvalue weighted by Crippen LogP contribution is -1.98. The van der Waals surface area contributed by atoms with Gasteiger partial charge in [-0.3, -0.25) is 0 Å². The molecule has 1 aromatic carbocycles. The summed E-state index contributed by atoms with van der Waals surface area (Å²) in [7, 11) is 0. The van der Waals surface area contributed by atoms with Crippen LogP contribution in [0.15, 0.2) is 23.3 Å². The van der Waals surface area contributed by atoms with Gasteiger partial charge in [-0.15, -0.1) is 0 Å². The molecule has 0 bridgehead atoms. The lowest BCUT2D eigenvalue weighted by Gasteiger charge is -2.05. The van der Waals surface area contributed by atoms with Crippen LogP contribution in [-0.4, -0.2) is 13.2 Å². The van der Waals surface area contributed by atoms with Gasteiger partial charge in [-0.25, -0.2) is 0 Å². The minimum atomic E-state index is 0.428. The molecule has 0 atom stereocenters. The van der Waals surface area contributed by atoms with E-state index in [2.05, 4.69) is 10.0 Å². The normalized spacial score (nSPS) is 9.47. The van der Waals surface area contributed by atoms with Crippen molar-refractivity contribution in [2.45, 2.75) is 6.42 Å². The number of hydrogen-bond donors (Lipinski definition) is 0. The summed E-state index contributed by atoms with van der Waals surface area (Å²) in [5.74, 6) is 0.658. The Kier molecular flexibility index (Phi) is 5.12. The van der Waals surface area contributed by atoms with Crippen molar-refractivity contribution >= 4 is 23.2 Å². The van der Waals surface area contributed by atoms with Gasteiger partial charge in [-0.1, -0.05) is 28.3 Å². The van der Waals surface area contributed by atoms with Gasteiger partial charge in [0.25, 0.3) is 0 Å². The van der Waals surface area contributed by atoms with Gasteiger partial charge in [0.05, 0.1) is 16.7 Å². The molecule has 1 rings (SSSR count). The monoisotopic (exact) mass is 245 g/mol. The second kappa shape index (κ2) is 6.40. The highest BCUT2D eigenvalue weighted by molar-refractivity contribution is 6.42. The van der Waals surface area contributed by atoms with Gasteiger partial charge in [0.15, 0.2) is 0 Å². The van der Waals surface area contributed by atoms with Crippen molar-refractivity contribution in [3.63, 3.8) is 0 Å². The summed E-state index contributed by atoms with van der Waals surface area (Å²) in [6.07, 6.45) is 0.671. The van der Waals surface area contributed by atoms with Crippen molar-refractivity contribution in [2.75, 3.05) is 13.2 Å². The maximum atomic E-state index is 8.03. The van der Waals surface area contributed by atoms with E-state index in [1.165, 1.54) is 0 Å². The highest BCUT2D eigenvalue weighted by atomic mass is 35.5. The van der Waals surface area contributed by atoms with Crippen LogP contribution < -0.4 is 4.74 Å². The summed E-state index contributed by atoms with van der Waals surface area (Å²) >= 11 is 11.5. The summed E-state index contributed by atoms with van der Waals surface area (Å²) in [6, 6.07) is 5.06. The molecule has 0 aliphatic carbocycles. The number of benzene rings is 1. The summed E-state index contributed by atoms with van der Waals surface area (Å²) < 4.78 is 5.36. The molecule has 0 fully saturated rings. The van der Waals surface area contributed by atoms with Gasteiger partial charge in [-0.2, -0.15) is 0 Å². The average Bonchev–Trinajstić information content (AvgIpc) is 2.23. The number of halogens is 2. The van der Waals surface area contributed by atoms with Crippen molar-refractivity contribution < 1.29 is 4.74 Å². The molecular formula is C9H9Cl2N3O. The summed E-state index contributed by atoms with van der Waals surface area (Å²) in [5.41, 5.74) is 8.03. The second-order valence-corrected chi connectivity index (χ2v) is 3.55. The van der Waals surface area contributed by atoms with Crippen LogP contribution in [-0.2, 0) is 0 Å². The van der Waals surface area contributed by atoms with Gasteiger partial charge >= 0.3 is 0 Å². The number of azide groups is 1. The first-order valence-corrected chi connectivity index (χ1v) is 5.08. The van der Waals surface area contributed by atoms with Crippen molar-refractivity contribution in [1.29, 1.82) is 0 Å². The smallest absolute Gasteiger partial charge is 0.120 e. The molecule has 0 radical (unpaired) electrons. The molecule has 1 aromatic rings. The van der Waals surface area contributed by atoms with E-state index >= 15 is 0 Å². The predicted octanol–water partition coefficient (Wildman–Crippen LogP) is 4.07. The number of rotatable bonds is 5. The Morgan fingerprint density at radius 1 is 1.33 bits per heavy atom. The topological polar surface area (TPSA) is 58.0 Å². The first-order chi connectivity index (χ1) is 7.24. The van der Waals surface area contributed by atoms with E-state index in [0.717, 1.165) is 0 Å². The summed E-state index contributed by atoms with van der Waals surface area (Å²) in [6.45, 7) is 0.912. The molecule has 0 aromatic heterocycles. The Labute approximate surface area is 97.4 Å². The molecule has 80 valence electrons. The maximum Gasteiger partial charge on any atom is 0.120 e. The standard InChI is InChI=1S/C9H9Cl2N3O/c10-8-3-2-7(6-9(8)11)15-5-1-4-13-14-12/h2-3,6H,1,4-5H2. The van der Waals surface area contributed by atoms with Crippen LogP contribution in [0.4, 0.5) is 0 Å². The molecule has 0 spiro atoms. The van der Waals surface area contributed by atoms with Crippen LogP contribution >= 0.6 is 23.2 Å². The van der Waals surface area contributed by atoms with Crippen LogP contribution in [0.3, 0.4) is 0 Å². The fourth-order valence-electron chi connectivity index (χ4n) is 0.937. The fraction of sp³-hybridized carbons (Fsp3) is 0.333. The fourth-order valence-corrected chi connectivity index (χ4v) is 1.22. The second-order valence-electron chi connectivity index (χ2n) is 2.73. The van der Waals surface area contributed by atoms with Crippen molar-refractivity contribution in [2.24, 2.45) is 5.11 Å². The molecule has 6 heteroatoms. The molecule has 0 aliphatic rings. The van der Waals surface area contributed by atoms with Crippen molar-refractivity contribution in [3.8, 4) is 5.75 Å². The zero-order valence-electron chi connectivity index (χ0n) is 7.86. The molecule has 0 aliphatic heterocycles. The maximum absolute atomic E-state index is 8.03. The zero-order chi connectivity index (χ0) is 11.1. The minimum absolute atomic E-state index is 0.428. The molecule has 0 saturated carbocycles. The lowest BCUT2D eigenvalue weighted by atomic mass is 10.3. The Morgan fingerprint density at radius 3 is 2.80 bits per heavy atom. The number of nitrogens with zero attached hydrogens (tertiary/aromatic N) is 3. The van der Waals surface area contributed by atoms with Crippen LogP contribution in [0.2, 0.25) is 10.0 Å². The van der Waals surface area contributed by atoms with Crippen LogP contribution in [0, 0.1) is 0 Å². The van der Waals surface area contributed by atoms with Gasteiger partial charge in [-0.05, 0) is 24.1 Å². The first-order valence-electron chi connectivity index (χ1n) is 4.33. The van der Waals surface area contributed by atoms with E-state index in [0.29, 0.717) is 35.4 Å². The Bertz CT molecular complexity index is 378. The van der Waals surface area contributed by atoms with Gasteiger partial charge in [0.2, 0.25) is 0 Å². The van der Waals surface area contributed by atoms with Gasteiger partial charge in [0, 0.05) is 17.5 Å². The number of ether oxygens (including phenoxy) is 1. The third-order valence-electron chi connectivity index (χ3n) is 1.63. The van der Waals surface area contributed by atoms with Crippen molar-refractivity contribution in [3.05, 3.63) is 38.7 Å². The molecule has 0 heterocycles. The summed E-state index contributed by atoms with van der Waals surface area (Å²) in [4.78, 5) is 2.64. The van der Waals surface area contributed by atoms with E-state index in [1.54, 1.807) is 18.2 Å². The largest absolute Gasteiger partial charge is 0.494 e. The Morgan fingerprint density at radius 2 is 2.13 bits per heavy atom. The van der Waals surface area contributed by atoms with Crippen LogP contribution in [0.1, 0.15) is 6.42 Å². The third kappa shape index (κ3) is 4.30. The highest BCUT2D eigenvalue weighted by Crippen LogP contribution is 2.26. The highest BCUT2D eigenvalue weighted by Gasteiger charge is 1.99. The molecule has 0 saturated heterocycles. The van der Waals surface area contributed by atoms with E-state index in [4.69, 9.17) is 33.5 Å². The zero-order valence-corrected chi connectivity index (χ0v) is 9.37. The van der Waals surface area contributed by atoms with Gasteiger partial charge in [0.1, 0.15) is 5.75 Å². The molecular weight excluding hydrogens is 237 g/mol. The molecule has 0 unspecified atom stereocenters. The van der Waals surface area contributed by atoms with E-state index in [1.807, 2.05) is 0 Å². The lowest BCUT2D eigenvalue weighted by molar-refractivity contribution is 0.313. The van der Waals surface area contributed by atoms with Crippen molar-refractivity contribution in [1.82, 2.24) is 0 Å². The Hall–Kier alpha value is -1.09. The van der Waals surface area contributed by atoms with E-state index in [9.17, 15) is 0 Å². The third-order valence-corrected chi connectivity index (χ3v) is 2.36. The average molecular weight is 246 g/mol. The quantitative estimate of drug-likeness (QED) is 0.334. The van der Waals surface area contributed by atoms with Crippen LogP contribution in [0.5, 0.6) is 5.75 Å². The molecule has 4 nitrogen and oxygen atoms in total. The molecule has 0 amide bonds. The van der Waals surface area contributed by atoms with Gasteiger partial charge < -0.3 is 4.74 Å². The van der Waals surface area contributed by atoms with E-state index < -0.39 is 0 Å². The summed E-state index contributed by atoms with van der Waals surface area (Å²) in [5, 5.41) is 4.35. The molecule has 0 N–H and O–H groups in total. The minimum Gasteiger partial charge on any atom is -0.494 e. The number of hydrogen-bond acceptors (Lipinski definition) is 2. The predicted molar refractivity (Wildman–Crippen MR) is 60.6 cm³/mol.